The van der Waals surface area contributed by atoms with E-state index >= 15 is 0 Å². The van der Waals surface area contributed by atoms with E-state index in [0.717, 1.165) is 0 Å². The Bertz CT molecular complexity index is 587. The third-order valence-corrected chi connectivity index (χ3v) is 3.45. The van der Waals surface area contributed by atoms with Gasteiger partial charge in [-0.3, -0.25) is 14.4 Å². The molecular formula is C19H18O3. The van der Waals surface area contributed by atoms with Crippen LogP contribution in [0, 0.1) is 0 Å². The van der Waals surface area contributed by atoms with Crippen LogP contribution >= 0.6 is 0 Å². The van der Waals surface area contributed by atoms with Crippen LogP contribution in [0.2, 0.25) is 0 Å². The summed E-state index contributed by atoms with van der Waals surface area (Å²) in [4.78, 5) is 35.6. The number of benzene rings is 2. The molecule has 0 saturated carbocycles. The summed E-state index contributed by atoms with van der Waals surface area (Å²) in [6.07, 6.45) is 0.774. The molecule has 0 aliphatic rings. The first-order chi connectivity index (χ1) is 10.7. The smallest absolute Gasteiger partial charge is 0.163 e. The van der Waals surface area contributed by atoms with E-state index in [1.54, 1.807) is 48.5 Å². The lowest BCUT2D eigenvalue weighted by Gasteiger charge is -2.02. The Morgan fingerprint density at radius 2 is 0.909 bits per heavy atom. The first kappa shape index (κ1) is 15.8. The zero-order valence-corrected chi connectivity index (χ0v) is 12.3. The number of Topliss-reactive ketones (excluding diaryl/α,β-unsaturated/α-hetero) is 3. The molecule has 0 aliphatic carbocycles. The molecule has 0 saturated heterocycles. The van der Waals surface area contributed by atoms with Gasteiger partial charge < -0.3 is 0 Å². The summed E-state index contributed by atoms with van der Waals surface area (Å²) in [6.45, 7) is 0. The van der Waals surface area contributed by atoms with Gasteiger partial charge >= 0.3 is 0 Å². The van der Waals surface area contributed by atoms with E-state index < -0.39 is 0 Å². The maximum absolute atomic E-state index is 11.9. The van der Waals surface area contributed by atoms with Gasteiger partial charge in [0.15, 0.2) is 11.6 Å². The third kappa shape index (κ3) is 4.77. The lowest BCUT2D eigenvalue weighted by atomic mass is 10.0. The Kier molecular flexibility index (Phi) is 5.78. The molecule has 2 aromatic carbocycles. The first-order valence-electron chi connectivity index (χ1n) is 7.35. The number of hydrogen-bond acceptors (Lipinski definition) is 3. The van der Waals surface area contributed by atoms with Crippen molar-refractivity contribution in [3.63, 3.8) is 0 Å². The summed E-state index contributed by atoms with van der Waals surface area (Å²) in [5, 5.41) is 0. The quantitative estimate of drug-likeness (QED) is 0.694. The molecule has 0 amide bonds. The molecule has 0 spiro atoms. The van der Waals surface area contributed by atoms with Gasteiger partial charge in [-0.2, -0.15) is 0 Å². The number of ketones is 3. The molecule has 2 rings (SSSR count). The predicted octanol–water partition coefficient (Wildman–Crippen LogP) is 3.88. The van der Waals surface area contributed by atoms with Crippen molar-refractivity contribution in [2.45, 2.75) is 25.7 Å². The summed E-state index contributed by atoms with van der Waals surface area (Å²) in [5.74, 6) is -0.125. The van der Waals surface area contributed by atoms with Gasteiger partial charge in [-0.25, -0.2) is 0 Å². The molecule has 112 valence electrons. The first-order valence-corrected chi connectivity index (χ1v) is 7.35. The second-order valence-electron chi connectivity index (χ2n) is 5.12. The number of carbonyl (C=O) groups is 3. The highest BCUT2D eigenvalue weighted by Gasteiger charge is 2.11. The van der Waals surface area contributed by atoms with Crippen LogP contribution in [-0.2, 0) is 4.79 Å². The van der Waals surface area contributed by atoms with Crippen LogP contribution in [0.4, 0.5) is 0 Å². The highest BCUT2D eigenvalue weighted by Crippen LogP contribution is 2.09. The van der Waals surface area contributed by atoms with Gasteiger partial charge in [-0.1, -0.05) is 60.7 Å². The SMILES string of the molecule is O=C(CCC(=O)c1ccccc1)CCC(=O)c1ccccc1. The highest BCUT2D eigenvalue weighted by atomic mass is 16.1. The average molecular weight is 294 g/mol. The maximum atomic E-state index is 11.9. The van der Waals surface area contributed by atoms with E-state index in [0.29, 0.717) is 11.1 Å². The molecule has 3 heteroatoms. The summed E-state index contributed by atoms with van der Waals surface area (Å²) in [6, 6.07) is 17.9. The second-order valence-corrected chi connectivity index (χ2v) is 5.12. The molecule has 0 unspecified atom stereocenters. The van der Waals surface area contributed by atoms with E-state index in [1.165, 1.54) is 0 Å². The van der Waals surface area contributed by atoms with Crippen molar-refractivity contribution < 1.29 is 14.4 Å². The molecule has 0 fully saturated rings. The van der Waals surface area contributed by atoms with Gasteiger partial charge in [0.25, 0.3) is 0 Å². The molecule has 0 atom stereocenters. The van der Waals surface area contributed by atoms with E-state index in [4.69, 9.17) is 0 Å². The summed E-state index contributed by atoms with van der Waals surface area (Å²) < 4.78 is 0. The van der Waals surface area contributed by atoms with Crippen molar-refractivity contribution in [3.05, 3.63) is 71.8 Å². The summed E-state index contributed by atoms with van der Waals surface area (Å²) in [5.41, 5.74) is 1.24. The Morgan fingerprint density at radius 1 is 0.545 bits per heavy atom. The van der Waals surface area contributed by atoms with Crippen LogP contribution in [0.25, 0.3) is 0 Å². The van der Waals surface area contributed by atoms with Gasteiger partial charge in [-0.15, -0.1) is 0 Å². The van der Waals surface area contributed by atoms with E-state index in [9.17, 15) is 14.4 Å². The van der Waals surface area contributed by atoms with Crippen molar-refractivity contribution in [3.8, 4) is 0 Å². The van der Waals surface area contributed by atoms with Crippen molar-refractivity contribution in [1.82, 2.24) is 0 Å². The Labute approximate surface area is 130 Å². The van der Waals surface area contributed by atoms with Crippen LogP contribution in [0.1, 0.15) is 46.4 Å². The molecular weight excluding hydrogens is 276 g/mol. The Morgan fingerprint density at radius 3 is 1.27 bits per heavy atom. The molecule has 0 radical (unpaired) electrons. The summed E-state index contributed by atoms with van der Waals surface area (Å²) in [7, 11) is 0. The van der Waals surface area contributed by atoms with Crippen molar-refractivity contribution in [2.24, 2.45) is 0 Å². The molecule has 0 bridgehead atoms. The lowest BCUT2D eigenvalue weighted by molar-refractivity contribution is -0.119. The molecule has 0 aliphatic heterocycles. The minimum Gasteiger partial charge on any atom is -0.300 e. The van der Waals surface area contributed by atoms with Crippen LogP contribution in [0.5, 0.6) is 0 Å². The van der Waals surface area contributed by atoms with Crippen LogP contribution in [0.3, 0.4) is 0 Å². The fraction of sp³-hybridized carbons (Fsp3) is 0.211. The fourth-order valence-electron chi connectivity index (χ4n) is 2.17. The second kappa shape index (κ2) is 8.03. The normalized spacial score (nSPS) is 10.2. The standard InChI is InChI=1S/C19H18O3/c20-17(11-13-18(21)15-7-3-1-4-8-15)12-14-19(22)16-9-5-2-6-10-16/h1-10H,11-14H2. The van der Waals surface area contributed by atoms with Gasteiger partial charge in [-0.05, 0) is 0 Å². The summed E-state index contributed by atoms with van der Waals surface area (Å²) >= 11 is 0. The van der Waals surface area contributed by atoms with Crippen LogP contribution in [0.15, 0.2) is 60.7 Å². The molecule has 3 nitrogen and oxygen atoms in total. The van der Waals surface area contributed by atoms with Gasteiger partial charge in [0.05, 0.1) is 0 Å². The zero-order chi connectivity index (χ0) is 15.8. The average Bonchev–Trinajstić information content (AvgIpc) is 2.59. The Balaban J connectivity index is 1.74. The van der Waals surface area contributed by atoms with Gasteiger partial charge in [0.2, 0.25) is 0 Å². The van der Waals surface area contributed by atoms with Crippen molar-refractivity contribution in [2.75, 3.05) is 0 Å². The van der Waals surface area contributed by atoms with Gasteiger partial charge in [0.1, 0.15) is 5.78 Å². The van der Waals surface area contributed by atoms with Crippen LogP contribution < -0.4 is 0 Å². The van der Waals surface area contributed by atoms with Crippen molar-refractivity contribution >= 4 is 17.3 Å². The number of rotatable bonds is 8. The number of hydrogen-bond donors (Lipinski definition) is 0. The topological polar surface area (TPSA) is 51.2 Å². The molecule has 0 aromatic heterocycles. The fourth-order valence-corrected chi connectivity index (χ4v) is 2.17. The molecule has 2 aromatic rings. The predicted molar refractivity (Wildman–Crippen MR) is 85.0 cm³/mol. The van der Waals surface area contributed by atoms with Gasteiger partial charge in [0, 0.05) is 36.8 Å². The van der Waals surface area contributed by atoms with E-state index in [1.807, 2.05) is 12.1 Å². The van der Waals surface area contributed by atoms with E-state index in [2.05, 4.69) is 0 Å². The molecule has 0 heterocycles. The minimum atomic E-state index is -0.0476. The maximum Gasteiger partial charge on any atom is 0.163 e. The highest BCUT2D eigenvalue weighted by molar-refractivity contribution is 6.00. The third-order valence-electron chi connectivity index (χ3n) is 3.45. The lowest BCUT2D eigenvalue weighted by Crippen LogP contribution is -2.07. The van der Waals surface area contributed by atoms with Crippen LogP contribution in [-0.4, -0.2) is 17.3 Å². The zero-order valence-electron chi connectivity index (χ0n) is 12.3. The minimum absolute atomic E-state index is 0.0386. The van der Waals surface area contributed by atoms with Crippen molar-refractivity contribution in [1.29, 1.82) is 0 Å². The number of carbonyl (C=O) groups excluding carboxylic acids is 3. The monoisotopic (exact) mass is 294 g/mol. The molecule has 0 N–H and O–H groups in total. The Hall–Kier alpha value is -2.55. The van der Waals surface area contributed by atoms with E-state index in [-0.39, 0.29) is 43.0 Å². The molecule has 22 heavy (non-hydrogen) atoms. The largest absolute Gasteiger partial charge is 0.300 e.